The topological polar surface area (TPSA) is 98.2 Å². The van der Waals surface area contributed by atoms with Gasteiger partial charge in [-0.25, -0.2) is 4.79 Å². The molecule has 4 aromatic rings. The Morgan fingerprint density at radius 2 is 1.97 bits per heavy atom. The molecule has 0 saturated carbocycles. The summed E-state index contributed by atoms with van der Waals surface area (Å²) in [6, 6.07) is 9.49. The Morgan fingerprint density at radius 3 is 2.72 bits per heavy atom. The molecule has 0 bridgehead atoms. The Balaban J connectivity index is 1.17. The van der Waals surface area contributed by atoms with Gasteiger partial charge in [-0.3, -0.25) is 18.8 Å². The van der Waals surface area contributed by atoms with E-state index in [1.54, 1.807) is 34.6 Å². The molecule has 1 saturated heterocycles. The van der Waals surface area contributed by atoms with Gasteiger partial charge in [0.2, 0.25) is 17.6 Å². The maximum absolute atomic E-state index is 12.8. The standard InChI is InChI=1S/C22H24N6O3S/c1-26-16-6-5-15(12-17(16)27(2)22(26)30)23-21(29)14-7-9-28(10-8-14)13-19-24-20(25-31-19)18-4-3-11-32-18/h3-6,11-12,14H,7-10,13H2,1-2H3,(H,23,29). The first kappa shape index (κ1) is 20.7. The van der Waals surface area contributed by atoms with Crippen LogP contribution in [0.15, 0.2) is 45.0 Å². The van der Waals surface area contributed by atoms with Gasteiger partial charge in [0.25, 0.3) is 0 Å². The molecule has 5 rings (SSSR count). The number of hydrogen-bond acceptors (Lipinski definition) is 7. The van der Waals surface area contributed by atoms with E-state index >= 15 is 0 Å². The number of aryl methyl sites for hydroxylation is 2. The van der Waals surface area contributed by atoms with Crippen molar-refractivity contribution in [1.29, 1.82) is 0 Å². The predicted molar refractivity (Wildman–Crippen MR) is 122 cm³/mol. The van der Waals surface area contributed by atoms with Crippen molar-refractivity contribution in [1.82, 2.24) is 24.2 Å². The lowest BCUT2D eigenvalue weighted by Gasteiger charge is -2.30. The number of nitrogens with zero attached hydrogens (tertiary/aromatic N) is 5. The Bertz CT molecular complexity index is 1310. The van der Waals surface area contributed by atoms with E-state index in [4.69, 9.17) is 4.52 Å². The van der Waals surface area contributed by atoms with Crippen molar-refractivity contribution < 1.29 is 9.32 Å². The lowest BCUT2D eigenvalue weighted by atomic mass is 9.96. The third-order valence-corrected chi connectivity index (χ3v) is 6.93. The molecule has 9 nitrogen and oxygen atoms in total. The average Bonchev–Trinajstić information content (AvgIpc) is 3.53. The highest BCUT2D eigenvalue weighted by atomic mass is 32.1. The highest BCUT2D eigenvalue weighted by Gasteiger charge is 2.26. The van der Waals surface area contributed by atoms with E-state index in [0.29, 0.717) is 23.9 Å². The molecule has 1 N–H and O–H groups in total. The van der Waals surface area contributed by atoms with Crippen LogP contribution >= 0.6 is 11.3 Å². The van der Waals surface area contributed by atoms with Gasteiger partial charge in [-0.1, -0.05) is 11.2 Å². The van der Waals surface area contributed by atoms with Crippen LogP contribution in [0.3, 0.4) is 0 Å². The average molecular weight is 453 g/mol. The molecule has 32 heavy (non-hydrogen) atoms. The summed E-state index contributed by atoms with van der Waals surface area (Å²) >= 11 is 1.58. The van der Waals surface area contributed by atoms with Crippen molar-refractivity contribution >= 4 is 34.0 Å². The molecule has 3 aromatic heterocycles. The lowest BCUT2D eigenvalue weighted by Crippen LogP contribution is -2.37. The van der Waals surface area contributed by atoms with Crippen LogP contribution in [0.25, 0.3) is 21.7 Å². The second-order valence-corrected chi connectivity index (χ2v) is 9.08. The summed E-state index contributed by atoms with van der Waals surface area (Å²) in [5.41, 5.74) is 2.26. The number of nitrogens with one attached hydrogen (secondary N) is 1. The second kappa shape index (κ2) is 8.36. The van der Waals surface area contributed by atoms with Crippen LogP contribution in [0.5, 0.6) is 0 Å². The Morgan fingerprint density at radius 1 is 1.19 bits per heavy atom. The summed E-state index contributed by atoms with van der Waals surface area (Å²) < 4.78 is 8.59. The number of hydrogen-bond donors (Lipinski definition) is 1. The highest BCUT2D eigenvalue weighted by molar-refractivity contribution is 7.13. The zero-order chi connectivity index (χ0) is 22.2. The van der Waals surface area contributed by atoms with Crippen molar-refractivity contribution in [2.75, 3.05) is 18.4 Å². The molecule has 1 amide bonds. The van der Waals surface area contributed by atoms with Crippen molar-refractivity contribution in [3.8, 4) is 10.7 Å². The first-order valence-corrected chi connectivity index (χ1v) is 11.4. The Kier molecular flexibility index (Phi) is 5.40. The van der Waals surface area contributed by atoms with E-state index in [0.717, 1.165) is 41.8 Å². The van der Waals surface area contributed by atoms with Crippen LogP contribution in [0.4, 0.5) is 5.69 Å². The maximum Gasteiger partial charge on any atom is 0.328 e. The van der Waals surface area contributed by atoms with Gasteiger partial charge in [0.05, 0.1) is 22.5 Å². The van der Waals surface area contributed by atoms with E-state index in [2.05, 4.69) is 20.4 Å². The number of rotatable bonds is 5. The molecule has 0 radical (unpaired) electrons. The summed E-state index contributed by atoms with van der Waals surface area (Å²) in [6.07, 6.45) is 1.54. The molecule has 0 unspecified atom stereocenters. The van der Waals surface area contributed by atoms with Crippen LogP contribution in [-0.2, 0) is 25.4 Å². The highest BCUT2D eigenvalue weighted by Crippen LogP contribution is 2.24. The van der Waals surface area contributed by atoms with Gasteiger partial charge < -0.3 is 9.84 Å². The van der Waals surface area contributed by atoms with Gasteiger partial charge in [0.15, 0.2) is 0 Å². The molecule has 1 aliphatic heterocycles. The van der Waals surface area contributed by atoms with Gasteiger partial charge in [-0.15, -0.1) is 11.3 Å². The molecule has 0 spiro atoms. The molecule has 1 aromatic carbocycles. The fraction of sp³-hybridized carbons (Fsp3) is 0.364. The molecule has 0 atom stereocenters. The SMILES string of the molecule is Cn1c(=O)n(C)c2cc(NC(=O)C3CCN(Cc4nc(-c5cccs5)no4)CC3)ccc21. The smallest absolute Gasteiger partial charge is 0.328 e. The number of fused-ring (bicyclic) bond motifs is 1. The minimum atomic E-state index is -0.0837. The summed E-state index contributed by atoms with van der Waals surface area (Å²) in [7, 11) is 3.48. The number of carbonyl (C=O) groups is 1. The van der Waals surface area contributed by atoms with Crippen LogP contribution in [0, 0.1) is 5.92 Å². The summed E-state index contributed by atoms with van der Waals surface area (Å²) in [5.74, 6) is 1.18. The van der Waals surface area contributed by atoms with Crippen molar-refractivity contribution in [2.45, 2.75) is 19.4 Å². The fourth-order valence-electron chi connectivity index (χ4n) is 4.20. The van der Waals surface area contributed by atoms with E-state index in [1.165, 1.54) is 0 Å². The number of piperidine rings is 1. The minimum absolute atomic E-state index is 0.0164. The number of anilines is 1. The zero-order valence-corrected chi connectivity index (χ0v) is 18.8. The summed E-state index contributed by atoms with van der Waals surface area (Å²) in [6.45, 7) is 2.17. The Labute approximate surface area is 188 Å². The largest absolute Gasteiger partial charge is 0.338 e. The van der Waals surface area contributed by atoms with E-state index in [9.17, 15) is 9.59 Å². The molecule has 0 aliphatic carbocycles. The van der Waals surface area contributed by atoms with Crippen molar-refractivity contribution in [3.05, 3.63) is 52.1 Å². The monoisotopic (exact) mass is 452 g/mol. The van der Waals surface area contributed by atoms with Gasteiger partial charge in [-0.05, 0) is 55.6 Å². The second-order valence-electron chi connectivity index (χ2n) is 8.13. The number of aromatic nitrogens is 4. The van der Waals surface area contributed by atoms with Crippen LogP contribution in [0.1, 0.15) is 18.7 Å². The first-order valence-electron chi connectivity index (χ1n) is 10.5. The van der Waals surface area contributed by atoms with Crippen molar-refractivity contribution in [3.63, 3.8) is 0 Å². The number of amides is 1. The fourth-order valence-corrected chi connectivity index (χ4v) is 4.85. The molecular formula is C22H24N6O3S. The zero-order valence-electron chi connectivity index (χ0n) is 17.9. The van der Waals surface area contributed by atoms with Crippen molar-refractivity contribution in [2.24, 2.45) is 20.0 Å². The predicted octanol–water partition coefficient (Wildman–Crippen LogP) is 2.84. The first-order chi connectivity index (χ1) is 15.5. The number of benzene rings is 1. The Hall–Kier alpha value is -3.24. The number of thiophene rings is 1. The van der Waals surface area contributed by atoms with Gasteiger partial charge in [0, 0.05) is 25.7 Å². The maximum atomic E-state index is 12.8. The quantitative estimate of drug-likeness (QED) is 0.500. The van der Waals surface area contributed by atoms with E-state index in [-0.39, 0.29) is 17.5 Å². The lowest BCUT2D eigenvalue weighted by molar-refractivity contribution is -0.121. The third-order valence-electron chi connectivity index (χ3n) is 6.07. The number of likely N-dealkylation sites (tertiary alicyclic amines) is 1. The minimum Gasteiger partial charge on any atom is -0.338 e. The number of carbonyl (C=O) groups excluding carboxylic acids is 1. The van der Waals surface area contributed by atoms with Gasteiger partial charge in [-0.2, -0.15) is 4.98 Å². The molecular weight excluding hydrogens is 428 g/mol. The van der Waals surface area contributed by atoms with E-state index < -0.39 is 0 Å². The normalized spacial score (nSPS) is 15.4. The molecule has 10 heteroatoms. The van der Waals surface area contributed by atoms with Crippen LogP contribution < -0.4 is 11.0 Å². The van der Waals surface area contributed by atoms with Crippen LogP contribution in [0.2, 0.25) is 0 Å². The van der Waals surface area contributed by atoms with Gasteiger partial charge in [0.1, 0.15) is 0 Å². The molecule has 166 valence electrons. The van der Waals surface area contributed by atoms with Crippen LogP contribution in [-0.4, -0.2) is 43.2 Å². The summed E-state index contributed by atoms with van der Waals surface area (Å²) in [4.78, 5) is 32.6. The number of imidazole rings is 1. The molecule has 4 heterocycles. The van der Waals surface area contributed by atoms with E-state index in [1.807, 2.05) is 35.7 Å². The third kappa shape index (κ3) is 3.87. The van der Waals surface area contributed by atoms with Gasteiger partial charge >= 0.3 is 5.69 Å². The summed E-state index contributed by atoms with van der Waals surface area (Å²) in [5, 5.41) is 9.07. The molecule has 1 aliphatic rings. The molecule has 1 fully saturated rings.